The first-order valence-corrected chi connectivity index (χ1v) is 5.82. The van der Waals surface area contributed by atoms with Crippen molar-refractivity contribution in [3.63, 3.8) is 0 Å². The normalized spacial score (nSPS) is 14.4. The van der Waals surface area contributed by atoms with E-state index in [0.717, 1.165) is 6.07 Å². The molecule has 0 saturated carbocycles. The van der Waals surface area contributed by atoms with Crippen LogP contribution in [0.25, 0.3) is 0 Å². The third-order valence-electron chi connectivity index (χ3n) is 3.03. The van der Waals surface area contributed by atoms with Crippen molar-refractivity contribution in [3.05, 3.63) is 29.1 Å². The van der Waals surface area contributed by atoms with Crippen molar-refractivity contribution < 1.29 is 26.7 Å². The van der Waals surface area contributed by atoms with Crippen molar-refractivity contribution in [1.29, 1.82) is 0 Å². The molecule has 3 nitrogen and oxygen atoms in total. The summed E-state index contributed by atoms with van der Waals surface area (Å²) >= 11 is 0. The number of benzene rings is 1. The van der Waals surface area contributed by atoms with Crippen LogP contribution in [0.15, 0.2) is 12.1 Å². The largest absolute Gasteiger partial charge is 0.383 e. The molecule has 0 spiro atoms. The second-order valence-corrected chi connectivity index (χ2v) is 4.37. The van der Waals surface area contributed by atoms with E-state index in [1.807, 2.05) is 0 Å². The summed E-state index contributed by atoms with van der Waals surface area (Å²) in [6.45, 7) is 0.933. The first-order chi connectivity index (χ1) is 9.34. The fraction of sp³-hybridized carbons (Fsp3) is 0.417. The second kappa shape index (κ2) is 6.57. The molecule has 118 valence electrons. The molecule has 9 heteroatoms. The number of amides is 1. The van der Waals surface area contributed by atoms with Gasteiger partial charge in [0.1, 0.15) is 5.82 Å². The number of rotatable bonds is 3. The van der Waals surface area contributed by atoms with Crippen molar-refractivity contribution in [3.8, 4) is 0 Å². The highest BCUT2D eigenvalue weighted by molar-refractivity contribution is 5.96. The SMILES string of the molecule is Cl.O=C(Nc1ccc2c(c1F)CCNC2)C(F)(F)C(F)F. The Morgan fingerprint density at radius 1 is 1.33 bits per heavy atom. The summed E-state index contributed by atoms with van der Waals surface area (Å²) in [5.41, 5.74) is 0.422. The van der Waals surface area contributed by atoms with E-state index in [0.29, 0.717) is 30.6 Å². The number of hydrogen-bond donors (Lipinski definition) is 2. The van der Waals surface area contributed by atoms with Crippen molar-refractivity contribution in [1.82, 2.24) is 5.32 Å². The molecule has 0 bridgehead atoms. The molecule has 1 aliphatic rings. The molecule has 1 aromatic carbocycles. The number of carbonyl (C=O) groups is 1. The Labute approximate surface area is 123 Å². The van der Waals surface area contributed by atoms with Gasteiger partial charge in [-0.3, -0.25) is 4.79 Å². The monoisotopic (exact) mass is 330 g/mol. The third-order valence-corrected chi connectivity index (χ3v) is 3.03. The number of anilines is 1. The minimum atomic E-state index is -4.86. The Morgan fingerprint density at radius 3 is 2.62 bits per heavy atom. The molecule has 2 rings (SSSR count). The second-order valence-electron chi connectivity index (χ2n) is 4.37. The average molecular weight is 331 g/mol. The first-order valence-electron chi connectivity index (χ1n) is 5.82. The zero-order valence-corrected chi connectivity index (χ0v) is 11.4. The zero-order chi connectivity index (χ0) is 14.9. The molecule has 2 N–H and O–H groups in total. The van der Waals surface area contributed by atoms with E-state index in [1.165, 1.54) is 11.4 Å². The molecule has 0 aromatic heterocycles. The van der Waals surface area contributed by atoms with Gasteiger partial charge in [0.05, 0.1) is 5.69 Å². The standard InChI is InChI=1S/C12H11F5N2O.ClH/c13-9-7-3-4-18-5-6(7)1-2-8(9)19-11(20)12(16,17)10(14)15;/h1-2,10,18H,3-5H2,(H,19,20);1H. The molecular formula is C12H12ClF5N2O. The predicted molar refractivity (Wildman–Crippen MR) is 68.6 cm³/mol. The minimum absolute atomic E-state index is 0. The van der Waals surface area contributed by atoms with Gasteiger partial charge in [-0.05, 0) is 30.2 Å². The molecule has 21 heavy (non-hydrogen) atoms. The zero-order valence-electron chi connectivity index (χ0n) is 10.6. The van der Waals surface area contributed by atoms with E-state index in [1.54, 1.807) is 0 Å². The number of nitrogens with one attached hydrogen (secondary N) is 2. The van der Waals surface area contributed by atoms with Gasteiger partial charge in [-0.25, -0.2) is 13.2 Å². The fourth-order valence-corrected chi connectivity index (χ4v) is 1.93. The van der Waals surface area contributed by atoms with Crippen LogP contribution in [-0.2, 0) is 17.8 Å². The lowest BCUT2D eigenvalue weighted by Crippen LogP contribution is -2.41. The van der Waals surface area contributed by atoms with Gasteiger partial charge in [0.15, 0.2) is 0 Å². The quantitative estimate of drug-likeness (QED) is 0.837. The number of hydrogen-bond acceptors (Lipinski definition) is 2. The summed E-state index contributed by atoms with van der Waals surface area (Å²) in [7, 11) is 0. The summed E-state index contributed by atoms with van der Waals surface area (Å²) in [6, 6.07) is 2.54. The average Bonchev–Trinajstić information content (AvgIpc) is 2.41. The molecule has 0 unspecified atom stereocenters. The van der Waals surface area contributed by atoms with Crippen LogP contribution in [-0.4, -0.2) is 24.8 Å². The molecule has 0 atom stereocenters. The maximum atomic E-state index is 14.0. The van der Waals surface area contributed by atoms with Crippen LogP contribution in [0.5, 0.6) is 0 Å². The topological polar surface area (TPSA) is 41.1 Å². The molecular weight excluding hydrogens is 319 g/mol. The van der Waals surface area contributed by atoms with Crippen LogP contribution >= 0.6 is 12.4 Å². The van der Waals surface area contributed by atoms with Crippen LogP contribution in [0.1, 0.15) is 11.1 Å². The van der Waals surface area contributed by atoms with Gasteiger partial charge < -0.3 is 10.6 Å². The smallest absolute Gasteiger partial charge is 0.318 e. The number of halogens is 6. The number of alkyl halides is 4. The number of carbonyl (C=O) groups excluding carboxylic acids is 1. The lowest BCUT2D eigenvalue weighted by Gasteiger charge is -2.20. The Bertz CT molecular complexity index is 539. The van der Waals surface area contributed by atoms with Gasteiger partial charge in [-0.2, -0.15) is 8.78 Å². The minimum Gasteiger partial charge on any atom is -0.318 e. The van der Waals surface area contributed by atoms with Crippen molar-refractivity contribution in [2.75, 3.05) is 11.9 Å². The maximum Gasteiger partial charge on any atom is 0.383 e. The van der Waals surface area contributed by atoms with E-state index < -0.39 is 29.8 Å². The number of fused-ring (bicyclic) bond motifs is 1. The summed E-state index contributed by atoms with van der Waals surface area (Å²) in [5.74, 6) is -7.94. The molecule has 0 fully saturated rings. The molecule has 1 amide bonds. The van der Waals surface area contributed by atoms with Crippen molar-refractivity contribution >= 4 is 24.0 Å². The molecule has 1 heterocycles. The highest BCUT2D eigenvalue weighted by Gasteiger charge is 2.49. The Morgan fingerprint density at radius 2 is 2.00 bits per heavy atom. The van der Waals surface area contributed by atoms with Gasteiger partial charge in [-0.15, -0.1) is 12.4 Å². The Hall–Kier alpha value is -1.41. The summed E-state index contributed by atoms with van der Waals surface area (Å²) < 4.78 is 63.7. The van der Waals surface area contributed by atoms with E-state index in [9.17, 15) is 26.7 Å². The van der Waals surface area contributed by atoms with Crippen molar-refractivity contribution in [2.24, 2.45) is 0 Å². The van der Waals surface area contributed by atoms with Crippen LogP contribution in [0.3, 0.4) is 0 Å². The summed E-state index contributed by atoms with van der Waals surface area (Å²) in [6.07, 6.45) is -3.82. The van der Waals surface area contributed by atoms with Gasteiger partial charge in [-0.1, -0.05) is 6.07 Å². The molecule has 0 radical (unpaired) electrons. The lowest BCUT2D eigenvalue weighted by molar-refractivity contribution is -0.163. The molecule has 1 aromatic rings. The van der Waals surface area contributed by atoms with Crippen LogP contribution in [0, 0.1) is 5.82 Å². The van der Waals surface area contributed by atoms with Gasteiger partial charge >= 0.3 is 18.3 Å². The summed E-state index contributed by atoms with van der Waals surface area (Å²) in [4.78, 5) is 11.1. The third kappa shape index (κ3) is 3.44. The van der Waals surface area contributed by atoms with Gasteiger partial charge in [0, 0.05) is 6.54 Å². The Kier molecular flexibility index (Phi) is 5.52. The van der Waals surface area contributed by atoms with E-state index >= 15 is 0 Å². The predicted octanol–water partition coefficient (Wildman–Crippen LogP) is 2.73. The molecule has 1 aliphatic heterocycles. The van der Waals surface area contributed by atoms with Gasteiger partial charge in [0.2, 0.25) is 0 Å². The highest BCUT2D eigenvalue weighted by atomic mass is 35.5. The van der Waals surface area contributed by atoms with Crippen LogP contribution in [0.2, 0.25) is 0 Å². The summed E-state index contributed by atoms with van der Waals surface area (Å²) in [5, 5.41) is 4.51. The highest BCUT2D eigenvalue weighted by Crippen LogP contribution is 2.28. The molecule has 0 aliphatic carbocycles. The van der Waals surface area contributed by atoms with Gasteiger partial charge in [0.25, 0.3) is 0 Å². The Balaban J connectivity index is 0.00000220. The first kappa shape index (κ1) is 17.6. The van der Waals surface area contributed by atoms with E-state index in [-0.39, 0.29) is 12.4 Å². The lowest BCUT2D eigenvalue weighted by atomic mass is 9.99. The van der Waals surface area contributed by atoms with Crippen LogP contribution < -0.4 is 10.6 Å². The maximum absolute atomic E-state index is 14.0. The van der Waals surface area contributed by atoms with E-state index in [4.69, 9.17) is 0 Å². The molecule has 0 saturated heterocycles. The van der Waals surface area contributed by atoms with Crippen LogP contribution in [0.4, 0.5) is 27.6 Å². The fourth-order valence-electron chi connectivity index (χ4n) is 1.93. The van der Waals surface area contributed by atoms with Crippen molar-refractivity contribution in [2.45, 2.75) is 25.3 Å². The van der Waals surface area contributed by atoms with E-state index in [2.05, 4.69) is 5.32 Å².